The number of carbonyl (C=O) groups is 3. The van der Waals surface area contributed by atoms with E-state index in [4.69, 9.17) is 27.1 Å². The Bertz CT molecular complexity index is 672. The molecule has 2 saturated heterocycles. The number of amides is 1. The molecule has 2 fully saturated rings. The number of carboxylic acids is 1. The van der Waals surface area contributed by atoms with Crippen molar-refractivity contribution in [3.05, 3.63) is 0 Å². The van der Waals surface area contributed by atoms with Crippen LogP contribution in [0.1, 0.15) is 19.8 Å². The van der Waals surface area contributed by atoms with Crippen LogP contribution < -0.4 is 34.7 Å². The van der Waals surface area contributed by atoms with Crippen molar-refractivity contribution >= 4 is 46.8 Å². The van der Waals surface area contributed by atoms with E-state index in [0.717, 1.165) is 0 Å². The molecule has 0 aliphatic carbocycles. The second kappa shape index (κ2) is 10.0. The van der Waals surface area contributed by atoms with E-state index in [2.05, 4.69) is 0 Å². The molecule has 0 radical (unpaired) electrons. The topological polar surface area (TPSA) is 123 Å². The molecule has 12 heteroatoms. The third-order valence-electron chi connectivity index (χ3n) is 4.25. The fourth-order valence-electron chi connectivity index (χ4n) is 2.84. The minimum absolute atomic E-state index is 0. The van der Waals surface area contributed by atoms with Crippen LogP contribution in [-0.2, 0) is 24.0 Å². The van der Waals surface area contributed by atoms with Gasteiger partial charge in [0.1, 0.15) is 17.0 Å². The summed E-state index contributed by atoms with van der Waals surface area (Å²) in [4.78, 5) is 42.2. The maximum atomic E-state index is 12.6. The average molecular weight is 423 g/mol. The van der Waals surface area contributed by atoms with Gasteiger partial charge in [0, 0.05) is 32.1 Å². The predicted molar refractivity (Wildman–Crippen MR) is 92.1 cm³/mol. The molecule has 2 aliphatic heterocycles. The second-order valence-corrected chi connectivity index (χ2v) is 7.60. The van der Waals surface area contributed by atoms with E-state index >= 15 is 0 Å². The number of hydrogen-bond donors (Lipinski definition) is 0. The summed E-state index contributed by atoms with van der Waals surface area (Å²) >= 11 is 6.47. The molecule has 2 aliphatic rings. The maximum Gasteiger partial charge on any atom is 1.00 e. The number of carboxylic acid groups (broad SMARTS) is 1. The number of thiocarbonyl (C=S) groups is 1. The molecule has 2 heterocycles. The number of β-lactam (4-membered cyclic amide) rings is 1. The molecule has 0 spiro atoms. The van der Waals surface area contributed by atoms with Crippen LogP contribution in [-0.4, -0.2) is 70.2 Å². The minimum Gasteiger partial charge on any atom is -0.549 e. The number of hydroxylamine groups is 2. The number of fused-ring (bicyclic) bond motifs is 1. The van der Waals surface area contributed by atoms with Crippen molar-refractivity contribution in [1.82, 2.24) is 9.96 Å². The number of ether oxygens (including phenoxy) is 1. The molecule has 3 atom stereocenters. The zero-order chi connectivity index (χ0) is 19.5. The summed E-state index contributed by atoms with van der Waals surface area (Å²) < 4.78 is 4.87. The molecule has 2 unspecified atom stereocenters. The van der Waals surface area contributed by atoms with E-state index in [1.54, 1.807) is 0 Å². The molecule has 0 N–H and O–H groups in total. The first-order chi connectivity index (χ1) is 12.3. The van der Waals surface area contributed by atoms with Crippen molar-refractivity contribution < 1.29 is 58.6 Å². The fraction of sp³-hybridized carbons (Fsp3) is 0.667. The van der Waals surface area contributed by atoms with Crippen LogP contribution in [0.25, 0.3) is 0 Å². The van der Waals surface area contributed by atoms with E-state index in [1.807, 2.05) is 6.07 Å². The largest absolute Gasteiger partial charge is 1.00 e. The summed E-state index contributed by atoms with van der Waals surface area (Å²) in [6.07, 6.45) is 0.494. The van der Waals surface area contributed by atoms with Crippen LogP contribution in [0.2, 0.25) is 0 Å². The summed E-state index contributed by atoms with van der Waals surface area (Å²) in [6.45, 7) is 0.719. The maximum absolute atomic E-state index is 12.6. The third kappa shape index (κ3) is 4.93. The van der Waals surface area contributed by atoms with Crippen molar-refractivity contribution in [3.63, 3.8) is 0 Å². The fourth-order valence-corrected chi connectivity index (χ4v) is 4.68. The molecule has 0 aromatic rings. The third-order valence-corrected chi connectivity index (χ3v) is 6.20. The Kier molecular flexibility index (Phi) is 8.98. The minimum atomic E-state index is -1.45. The summed E-state index contributed by atoms with van der Waals surface area (Å²) in [7, 11) is 1.38. The van der Waals surface area contributed by atoms with Gasteiger partial charge in [0.25, 0.3) is 5.91 Å². The van der Waals surface area contributed by atoms with Gasteiger partial charge >= 0.3 is 35.5 Å². The molecule has 27 heavy (non-hydrogen) atoms. The van der Waals surface area contributed by atoms with Gasteiger partial charge in [-0.2, -0.15) is 5.26 Å². The number of esters is 1. The number of aliphatic carboxylic acids is 1. The van der Waals surface area contributed by atoms with Gasteiger partial charge in [0.15, 0.2) is 6.04 Å². The van der Waals surface area contributed by atoms with E-state index in [9.17, 15) is 19.5 Å². The number of nitrogens with zero attached hydrogens (tertiary/aromatic N) is 3. The number of rotatable bonds is 7. The van der Waals surface area contributed by atoms with Crippen LogP contribution >= 0.6 is 24.0 Å². The van der Waals surface area contributed by atoms with E-state index in [1.165, 1.54) is 35.8 Å². The van der Waals surface area contributed by atoms with Crippen LogP contribution in [0.3, 0.4) is 0 Å². The van der Waals surface area contributed by atoms with E-state index < -0.39 is 23.4 Å². The average Bonchev–Trinajstić information content (AvgIpc) is 2.61. The monoisotopic (exact) mass is 423 g/mol. The van der Waals surface area contributed by atoms with Gasteiger partial charge in [0.05, 0.1) is 24.6 Å². The molecule has 0 aromatic carbocycles. The zero-order valence-corrected chi connectivity index (χ0v) is 18.9. The van der Waals surface area contributed by atoms with Gasteiger partial charge in [-0.1, -0.05) is 12.2 Å². The Balaban J connectivity index is 0.00000364. The molecular weight excluding hydrogens is 405 g/mol. The molecule has 0 saturated carbocycles. The van der Waals surface area contributed by atoms with E-state index in [0.29, 0.717) is 4.99 Å². The van der Waals surface area contributed by atoms with Gasteiger partial charge in [-0.05, 0) is 0 Å². The Morgan fingerprint density at radius 1 is 1.56 bits per heavy atom. The molecule has 0 bridgehead atoms. The van der Waals surface area contributed by atoms with Crippen molar-refractivity contribution in [2.24, 2.45) is 5.41 Å². The van der Waals surface area contributed by atoms with Crippen LogP contribution in [0.5, 0.6) is 0 Å². The van der Waals surface area contributed by atoms with Crippen molar-refractivity contribution in [2.45, 2.75) is 31.2 Å². The Morgan fingerprint density at radius 3 is 2.74 bits per heavy atom. The summed E-state index contributed by atoms with van der Waals surface area (Å²) in [5.41, 5.74) is -1.45. The smallest absolute Gasteiger partial charge is 0.549 e. The molecular formula is C15H18N3NaO6S2. The number of carbonyl (C=O) groups excluding carboxylic acids is 3. The summed E-state index contributed by atoms with van der Waals surface area (Å²) in [5, 5.41) is 21.3. The zero-order valence-electron chi connectivity index (χ0n) is 15.3. The number of thioether (sulfide) groups is 1. The molecule has 0 aromatic heterocycles. The van der Waals surface area contributed by atoms with Crippen LogP contribution in [0.4, 0.5) is 0 Å². The number of hydrogen-bond acceptors (Lipinski definition) is 9. The van der Waals surface area contributed by atoms with Crippen molar-refractivity contribution in [1.29, 1.82) is 5.26 Å². The van der Waals surface area contributed by atoms with Gasteiger partial charge in [-0.15, -0.1) is 11.8 Å². The van der Waals surface area contributed by atoms with Crippen molar-refractivity contribution in [2.75, 3.05) is 26.0 Å². The van der Waals surface area contributed by atoms with Crippen molar-refractivity contribution in [3.8, 4) is 6.07 Å². The first-order valence-corrected chi connectivity index (χ1v) is 9.23. The Hall–Kier alpha value is -0.900. The molecule has 2 rings (SSSR count). The normalized spacial score (nSPS) is 26.0. The van der Waals surface area contributed by atoms with Gasteiger partial charge in [-0.3, -0.25) is 14.4 Å². The summed E-state index contributed by atoms with van der Waals surface area (Å²) in [5.74, 6) is -2.18. The quantitative estimate of drug-likeness (QED) is 0.132. The first-order valence-electron chi connectivity index (χ1n) is 7.77. The first kappa shape index (κ1) is 24.1. The Labute approximate surface area is 188 Å². The molecule has 142 valence electrons. The SMILES string of the molecule is CON(C(=S)CCC#N)C1C(=O)N2CC(COC(C)=O)(C(=O)[O-])CS[C@H]12.[Na+]. The molecule has 1 amide bonds. The standard InChI is InChI=1S/C15H19N3O6S2.Na/c1-9(19)24-7-15(14(21)22)6-17-12(20)11(13(17)26-8-15)18(23-2)10(25)4-3-5-16;/h11,13H,3-4,6-8H2,1-2H3,(H,21,22);/q;+1/p-1/t11?,13-,15?;/m1./s1. The van der Waals surface area contributed by atoms with Crippen LogP contribution in [0, 0.1) is 16.7 Å². The van der Waals surface area contributed by atoms with Crippen LogP contribution in [0.15, 0.2) is 0 Å². The van der Waals surface area contributed by atoms with Gasteiger partial charge in [-0.25, -0.2) is 5.06 Å². The second-order valence-electron chi connectivity index (χ2n) is 6.02. The summed E-state index contributed by atoms with van der Waals surface area (Å²) in [6, 6.07) is 1.31. The van der Waals surface area contributed by atoms with E-state index in [-0.39, 0.29) is 72.6 Å². The predicted octanol–water partition coefficient (Wildman–Crippen LogP) is -3.93. The molecule has 9 nitrogen and oxygen atoms in total. The number of nitriles is 1. The van der Waals surface area contributed by atoms with Gasteiger partial charge < -0.3 is 19.5 Å². The van der Waals surface area contributed by atoms with Gasteiger partial charge in [0.2, 0.25) is 0 Å². The Morgan fingerprint density at radius 2 is 2.22 bits per heavy atom.